The van der Waals surface area contributed by atoms with E-state index in [0.29, 0.717) is 34.9 Å². The first kappa shape index (κ1) is 23.1. The fraction of sp³-hybridized carbons (Fsp3) is 0.208. The summed E-state index contributed by atoms with van der Waals surface area (Å²) in [4.78, 5) is 30.2. The van der Waals surface area contributed by atoms with Gasteiger partial charge in [0.1, 0.15) is 0 Å². The highest BCUT2D eigenvalue weighted by molar-refractivity contribution is 8.00. The van der Waals surface area contributed by atoms with Gasteiger partial charge in [-0.25, -0.2) is 0 Å². The van der Waals surface area contributed by atoms with E-state index in [-0.39, 0.29) is 17.1 Å². The second-order valence-corrected chi connectivity index (χ2v) is 8.07. The second-order valence-electron chi connectivity index (χ2n) is 6.79. The molecule has 32 heavy (non-hydrogen) atoms. The molecule has 0 fully saturated rings. The molecule has 0 saturated heterocycles. The molecular weight excluding hydrogens is 426 g/mol. The summed E-state index contributed by atoms with van der Waals surface area (Å²) in [7, 11) is 3.07. The van der Waals surface area contributed by atoms with Crippen LogP contribution in [0.15, 0.2) is 71.9 Å². The van der Waals surface area contributed by atoms with Crippen LogP contribution >= 0.6 is 11.8 Å². The zero-order valence-electron chi connectivity index (χ0n) is 18.1. The summed E-state index contributed by atoms with van der Waals surface area (Å²) in [6.45, 7) is 1.96. The van der Waals surface area contributed by atoms with Gasteiger partial charge in [-0.2, -0.15) is 0 Å². The number of thioether (sulfide) groups is 1. The minimum Gasteiger partial charge on any atom is -0.493 e. The number of methoxy groups -OCH3 is 2. The van der Waals surface area contributed by atoms with Crippen molar-refractivity contribution in [2.24, 2.45) is 0 Å². The van der Waals surface area contributed by atoms with Gasteiger partial charge >= 0.3 is 0 Å². The van der Waals surface area contributed by atoms with Crippen LogP contribution in [0.3, 0.4) is 0 Å². The lowest BCUT2D eigenvalue weighted by atomic mass is 10.2. The molecular formula is C24H25N3O4S. The first-order chi connectivity index (χ1) is 15.5. The number of nitrogens with one attached hydrogen (secondary N) is 2. The van der Waals surface area contributed by atoms with Crippen molar-refractivity contribution in [1.82, 2.24) is 4.98 Å². The summed E-state index contributed by atoms with van der Waals surface area (Å²) in [6.07, 6.45) is 3.92. The average molecular weight is 452 g/mol. The number of ether oxygens (including phenoxy) is 2. The van der Waals surface area contributed by atoms with Crippen LogP contribution in [0.4, 0.5) is 11.4 Å². The summed E-state index contributed by atoms with van der Waals surface area (Å²) in [5, 5.41) is 5.52. The SMILES string of the molecule is CCC(Sc1cccc(NC(=O)c2ccc(OC)c(OC)c2)c1)C(=O)Nc1ccncc1. The molecule has 0 bridgehead atoms. The third kappa shape index (κ3) is 6.01. The number of carbonyl (C=O) groups excluding carboxylic acids is 2. The molecule has 2 amide bonds. The molecule has 2 N–H and O–H groups in total. The van der Waals surface area contributed by atoms with E-state index in [2.05, 4.69) is 15.6 Å². The molecule has 0 saturated carbocycles. The Balaban J connectivity index is 1.68. The van der Waals surface area contributed by atoms with Gasteiger partial charge in [-0.1, -0.05) is 13.0 Å². The van der Waals surface area contributed by atoms with Crippen molar-refractivity contribution < 1.29 is 19.1 Å². The number of pyridine rings is 1. The van der Waals surface area contributed by atoms with E-state index < -0.39 is 0 Å². The number of anilines is 2. The Hall–Kier alpha value is -3.52. The first-order valence-corrected chi connectivity index (χ1v) is 10.9. The number of benzene rings is 2. The lowest BCUT2D eigenvalue weighted by Gasteiger charge is -2.15. The van der Waals surface area contributed by atoms with E-state index in [0.717, 1.165) is 4.90 Å². The first-order valence-electron chi connectivity index (χ1n) is 10.0. The van der Waals surface area contributed by atoms with E-state index >= 15 is 0 Å². The van der Waals surface area contributed by atoms with Crippen LogP contribution in [-0.2, 0) is 4.79 Å². The molecule has 0 aliphatic heterocycles. The van der Waals surface area contributed by atoms with Crippen LogP contribution in [0.2, 0.25) is 0 Å². The van der Waals surface area contributed by atoms with Crippen LogP contribution in [0.1, 0.15) is 23.7 Å². The van der Waals surface area contributed by atoms with Crippen molar-refractivity contribution in [2.45, 2.75) is 23.5 Å². The summed E-state index contributed by atoms with van der Waals surface area (Å²) in [6, 6.07) is 15.9. The predicted molar refractivity (Wildman–Crippen MR) is 127 cm³/mol. The van der Waals surface area contributed by atoms with E-state index in [1.807, 2.05) is 25.1 Å². The molecule has 166 valence electrons. The van der Waals surface area contributed by atoms with E-state index in [1.165, 1.54) is 18.9 Å². The monoisotopic (exact) mass is 451 g/mol. The maximum Gasteiger partial charge on any atom is 0.255 e. The van der Waals surface area contributed by atoms with Crippen molar-refractivity contribution in [3.05, 3.63) is 72.6 Å². The summed E-state index contributed by atoms with van der Waals surface area (Å²) in [5.41, 5.74) is 1.79. The smallest absolute Gasteiger partial charge is 0.255 e. The second kappa shape index (κ2) is 11.2. The number of aromatic nitrogens is 1. The highest BCUT2D eigenvalue weighted by Gasteiger charge is 2.18. The lowest BCUT2D eigenvalue weighted by molar-refractivity contribution is -0.115. The number of nitrogens with zero attached hydrogens (tertiary/aromatic N) is 1. The summed E-state index contributed by atoms with van der Waals surface area (Å²) >= 11 is 1.45. The Kier molecular flexibility index (Phi) is 8.10. The fourth-order valence-corrected chi connectivity index (χ4v) is 3.99. The fourth-order valence-electron chi connectivity index (χ4n) is 2.97. The molecule has 0 aliphatic rings. The molecule has 3 rings (SSSR count). The highest BCUT2D eigenvalue weighted by atomic mass is 32.2. The van der Waals surface area contributed by atoms with Crippen molar-refractivity contribution >= 4 is 35.0 Å². The molecule has 0 spiro atoms. The average Bonchev–Trinajstić information content (AvgIpc) is 2.82. The van der Waals surface area contributed by atoms with Crippen LogP contribution < -0.4 is 20.1 Å². The number of amides is 2. The molecule has 1 heterocycles. The molecule has 8 heteroatoms. The van der Waals surface area contributed by atoms with Gasteiger partial charge < -0.3 is 20.1 Å². The third-order valence-corrected chi connectivity index (χ3v) is 5.99. The minimum atomic E-state index is -0.278. The van der Waals surface area contributed by atoms with E-state index in [1.54, 1.807) is 55.9 Å². The number of hydrogen-bond donors (Lipinski definition) is 2. The van der Waals surface area contributed by atoms with Gasteiger partial charge in [0.15, 0.2) is 11.5 Å². The summed E-state index contributed by atoms with van der Waals surface area (Å²) in [5.74, 6) is 0.688. The largest absolute Gasteiger partial charge is 0.493 e. The molecule has 0 aliphatic carbocycles. The number of hydrogen-bond acceptors (Lipinski definition) is 6. The molecule has 3 aromatic rings. The predicted octanol–water partition coefficient (Wildman–Crippen LogP) is 4.86. The number of carbonyl (C=O) groups is 2. The van der Waals surface area contributed by atoms with Gasteiger partial charge in [-0.15, -0.1) is 11.8 Å². The molecule has 0 radical (unpaired) electrons. The van der Waals surface area contributed by atoms with Crippen molar-refractivity contribution in [3.63, 3.8) is 0 Å². The van der Waals surface area contributed by atoms with Gasteiger partial charge in [0.05, 0.1) is 19.5 Å². The normalized spacial score (nSPS) is 11.3. The van der Waals surface area contributed by atoms with Crippen molar-refractivity contribution in [2.75, 3.05) is 24.9 Å². The topological polar surface area (TPSA) is 89.5 Å². The standard InChI is InChI=1S/C24H25N3O4S/c1-4-22(24(29)26-17-10-12-25-13-11-17)32-19-7-5-6-18(15-19)27-23(28)16-8-9-20(30-2)21(14-16)31-3/h5-15,22H,4H2,1-3H3,(H,27,28)(H,25,26,29). The molecule has 1 atom stereocenters. The zero-order chi connectivity index (χ0) is 22.9. The Morgan fingerprint density at radius 2 is 1.69 bits per heavy atom. The third-order valence-electron chi connectivity index (χ3n) is 4.63. The van der Waals surface area contributed by atoms with Crippen LogP contribution in [0.25, 0.3) is 0 Å². The minimum absolute atomic E-state index is 0.0801. The van der Waals surface area contributed by atoms with Gasteiger partial charge in [0, 0.05) is 34.2 Å². The van der Waals surface area contributed by atoms with Gasteiger partial charge in [-0.3, -0.25) is 14.6 Å². The maximum atomic E-state index is 12.7. The van der Waals surface area contributed by atoms with Crippen LogP contribution in [0.5, 0.6) is 11.5 Å². The van der Waals surface area contributed by atoms with E-state index in [4.69, 9.17) is 9.47 Å². The van der Waals surface area contributed by atoms with E-state index in [9.17, 15) is 9.59 Å². The van der Waals surface area contributed by atoms with Gasteiger partial charge in [0.2, 0.25) is 5.91 Å². The maximum absolute atomic E-state index is 12.7. The summed E-state index contributed by atoms with van der Waals surface area (Å²) < 4.78 is 10.5. The Labute approximate surface area is 191 Å². The Bertz CT molecular complexity index is 1080. The molecule has 7 nitrogen and oxygen atoms in total. The molecule has 1 unspecified atom stereocenters. The van der Waals surface area contributed by atoms with Crippen molar-refractivity contribution in [1.29, 1.82) is 0 Å². The van der Waals surface area contributed by atoms with Crippen LogP contribution in [0, 0.1) is 0 Å². The number of rotatable bonds is 9. The van der Waals surface area contributed by atoms with Gasteiger partial charge in [0.25, 0.3) is 5.91 Å². The highest BCUT2D eigenvalue weighted by Crippen LogP contribution is 2.30. The Morgan fingerprint density at radius 3 is 2.38 bits per heavy atom. The molecule has 2 aromatic carbocycles. The zero-order valence-corrected chi connectivity index (χ0v) is 18.9. The lowest BCUT2D eigenvalue weighted by Crippen LogP contribution is -2.24. The Morgan fingerprint density at radius 1 is 0.938 bits per heavy atom. The molecule has 1 aromatic heterocycles. The van der Waals surface area contributed by atoms with Gasteiger partial charge in [-0.05, 0) is 55.0 Å². The quantitative estimate of drug-likeness (QED) is 0.452. The van der Waals surface area contributed by atoms with Crippen LogP contribution in [-0.4, -0.2) is 36.3 Å². The van der Waals surface area contributed by atoms with Crippen molar-refractivity contribution in [3.8, 4) is 11.5 Å².